The van der Waals surface area contributed by atoms with Crippen molar-refractivity contribution in [2.24, 2.45) is 0 Å². The number of nitrogens with zero attached hydrogens (tertiary/aromatic N) is 1. The molecule has 0 aliphatic carbocycles. The molecular formula is C10H9Br2N3O4S2. The van der Waals surface area contributed by atoms with Crippen molar-refractivity contribution in [3.63, 3.8) is 0 Å². The van der Waals surface area contributed by atoms with E-state index in [1.807, 2.05) is 0 Å². The molecule has 0 bridgehead atoms. The van der Waals surface area contributed by atoms with Gasteiger partial charge in [0.05, 0.1) is 7.57 Å². The summed E-state index contributed by atoms with van der Waals surface area (Å²) in [5.41, 5.74) is -1.15. The summed E-state index contributed by atoms with van der Waals surface area (Å²) in [6, 6.07) is 0.932. The first-order chi connectivity index (χ1) is 9.74. The molecule has 2 fully saturated rings. The summed E-state index contributed by atoms with van der Waals surface area (Å²) in [5, 5.41) is 4.68. The summed E-state index contributed by atoms with van der Waals surface area (Å²) in [4.78, 5) is 23.3. The smallest absolute Gasteiger partial charge is 0.322 e. The van der Waals surface area contributed by atoms with E-state index in [0.29, 0.717) is 7.57 Å². The third-order valence-corrected chi connectivity index (χ3v) is 8.09. The highest BCUT2D eigenvalue weighted by Crippen LogP contribution is 2.38. The van der Waals surface area contributed by atoms with Crippen LogP contribution in [0.4, 0.5) is 4.79 Å². The van der Waals surface area contributed by atoms with Gasteiger partial charge in [-0.25, -0.2) is 13.2 Å². The molecule has 114 valence electrons. The summed E-state index contributed by atoms with van der Waals surface area (Å²) < 4.78 is 27.7. The van der Waals surface area contributed by atoms with Crippen LogP contribution in [-0.2, 0) is 14.8 Å². The number of sulfonamides is 1. The Balaban J connectivity index is 1.91. The summed E-state index contributed by atoms with van der Waals surface area (Å²) >= 11 is 7.73. The number of urea groups is 1. The molecule has 3 rings (SSSR count). The molecule has 2 N–H and O–H groups in total. The van der Waals surface area contributed by atoms with Crippen molar-refractivity contribution in [3.8, 4) is 0 Å². The molecule has 0 saturated carbocycles. The summed E-state index contributed by atoms with van der Waals surface area (Å²) in [6.07, 6.45) is 0.257. The van der Waals surface area contributed by atoms with Crippen LogP contribution in [0, 0.1) is 0 Å². The van der Waals surface area contributed by atoms with Crippen molar-refractivity contribution in [1.29, 1.82) is 0 Å². The number of nitrogens with one attached hydrogen (secondary N) is 2. The van der Waals surface area contributed by atoms with E-state index in [1.54, 1.807) is 0 Å². The highest BCUT2D eigenvalue weighted by molar-refractivity contribution is 9.12. The third kappa shape index (κ3) is 2.44. The Morgan fingerprint density at radius 3 is 2.57 bits per heavy atom. The van der Waals surface area contributed by atoms with Crippen molar-refractivity contribution < 1.29 is 18.0 Å². The van der Waals surface area contributed by atoms with Crippen LogP contribution in [0.15, 0.2) is 18.5 Å². The van der Waals surface area contributed by atoms with Crippen molar-refractivity contribution >= 4 is 65.2 Å². The molecule has 0 aromatic carbocycles. The second-order valence-electron chi connectivity index (χ2n) is 4.77. The number of thiophene rings is 1. The van der Waals surface area contributed by atoms with E-state index < -0.39 is 27.5 Å². The molecule has 21 heavy (non-hydrogen) atoms. The molecule has 0 radical (unpaired) electrons. The molecule has 2 aliphatic rings. The topological polar surface area (TPSA) is 95.6 Å². The van der Waals surface area contributed by atoms with E-state index in [2.05, 4.69) is 42.5 Å². The van der Waals surface area contributed by atoms with Gasteiger partial charge in [0.2, 0.25) is 10.0 Å². The molecule has 1 aromatic heterocycles. The Hall–Kier alpha value is -0.490. The van der Waals surface area contributed by atoms with Crippen molar-refractivity contribution in [2.45, 2.75) is 16.9 Å². The average molecular weight is 459 g/mol. The average Bonchev–Trinajstić information content (AvgIpc) is 3.01. The van der Waals surface area contributed by atoms with E-state index >= 15 is 0 Å². The molecule has 7 nitrogen and oxygen atoms in total. The maximum absolute atomic E-state index is 12.6. The van der Waals surface area contributed by atoms with Crippen LogP contribution >= 0.6 is 43.2 Å². The zero-order valence-electron chi connectivity index (χ0n) is 10.4. The van der Waals surface area contributed by atoms with Crippen LogP contribution in [0.2, 0.25) is 0 Å². The number of carbonyl (C=O) groups is 2. The highest BCUT2D eigenvalue weighted by atomic mass is 79.9. The maximum atomic E-state index is 12.6. The van der Waals surface area contributed by atoms with Gasteiger partial charge in [-0.3, -0.25) is 10.1 Å². The van der Waals surface area contributed by atoms with Crippen molar-refractivity contribution in [3.05, 3.63) is 13.6 Å². The Morgan fingerprint density at radius 1 is 1.33 bits per heavy atom. The standard InChI is InChI=1S/C10H9Br2N3O4S2/c11-6-3-5(7(12)20-6)21(18,19)15-2-1-10(4-15)8(16)13-9(17)14-10/h3H,1-2,4H2,(H2,13,14,16,17). The maximum Gasteiger partial charge on any atom is 0.322 e. The quantitative estimate of drug-likeness (QED) is 0.652. The van der Waals surface area contributed by atoms with Gasteiger partial charge < -0.3 is 5.32 Å². The third-order valence-electron chi connectivity index (χ3n) is 3.49. The fourth-order valence-corrected chi connectivity index (χ4v) is 7.70. The fraction of sp³-hybridized carbons (Fsp3) is 0.400. The molecule has 1 spiro atoms. The summed E-state index contributed by atoms with van der Waals surface area (Å²) in [7, 11) is -3.72. The summed E-state index contributed by atoms with van der Waals surface area (Å²) in [5.74, 6) is -0.476. The van der Waals surface area contributed by atoms with Gasteiger partial charge >= 0.3 is 6.03 Å². The first kappa shape index (κ1) is 15.4. The second kappa shape index (κ2) is 5.01. The lowest BCUT2D eigenvalue weighted by Gasteiger charge is -2.20. The Labute approximate surface area is 141 Å². The first-order valence-corrected chi connectivity index (χ1v) is 9.67. The number of halogens is 2. The molecule has 3 heterocycles. The lowest BCUT2D eigenvalue weighted by atomic mass is 10.00. The van der Waals surface area contributed by atoms with Crippen LogP contribution in [0.25, 0.3) is 0 Å². The van der Waals surface area contributed by atoms with Crippen LogP contribution in [0.3, 0.4) is 0 Å². The molecule has 3 amide bonds. The van der Waals surface area contributed by atoms with Crippen molar-refractivity contribution in [1.82, 2.24) is 14.9 Å². The van der Waals surface area contributed by atoms with Crippen LogP contribution < -0.4 is 10.6 Å². The second-order valence-corrected chi connectivity index (χ2v) is 10.4. The minimum atomic E-state index is -3.72. The van der Waals surface area contributed by atoms with Gasteiger partial charge in [0.15, 0.2) is 0 Å². The molecule has 2 aliphatic heterocycles. The lowest BCUT2D eigenvalue weighted by molar-refractivity contribution is -0.123. The Bertz CT molecular complexity index is 747. The number of carbonyl (C=O) groups excluding carboxylic acids is 2. The number of amides is 3. The van der Waals surface area contributed by atoms with Gasteiger partial charge in [0.25, 0.3) is 5.91 Å². The van der Waals surface area contributed by atoms with Crippen LogP contribution in [0.1, 0.15) is 6.42 Å². The van der Waals surface area contributed by atoms with Gasteiger partial charge in [0.1, 0.15) is 10.4 Å². The van der Waals surface area contributed by atoms with E-state index in [0.717, 1.165) is 0 Å². The van der Waals surface area contributed by atoms with E-state index in [-0.39, 0.29) is 24.4 Å². The monoisotopic (exact) mass is 457 g/mol. The van der Waals surface area contributed by atoms with E-state index in [1.165, 1.54) is 21.7 Å². The number of hydrogen-bond donors (Lipinski definition) is 2. The highest BCUT2D eigenvalue weighted by Gasteiger charge is 2.53. The Morgan fingerprint density at radius 2 is 2.05 bits per heavy atom. The predicted molar refractivity (Wildman–Crippen MR) is 82.5 cm³/mol. The van der Waals surface area contributed by atoms with E-state index in [4.69, 9.17) is 0 Å². The van der Waals surface area contributed by atoms with Gasteiger partial charge in [-0.15, -0.1) is 11.3 Å². The number of rotatable bonds is 2. The molecular weight excluding hydrogens is 450 g/mol. The largest absolute Gasteiger partial charge is 0.322 e. The normalized spacial score (nSPS) is 26.4. The first-order valence-electron chi connectivity index (χ1n) is 5.83. The molecule has 1 unspecified atom stereocenters. The van der Waals surface area contributed by atoms with Gasteiger partial charge in [0, 0.05) is 13.1 Å². The lowest BCUT2D eigenvalue weighted by Crippen LogP contribution is -2.49. The minimum absolute atomic E-state index is 0.0627. The van der Waals surface area contributed by atoms with Crippen molar-refractivity contribution in [2.75, 3.05) is 13.1 Å². The number of hydrogen-bond acceptors (Lipinski definition) is 5. The predicted octanol–water partition coefficient (Wildman–Crippen LogP) is 1.25. The molecule has 1 aromatic rings. The molecule has 11 heteroatoms. The zero-order chi connectivity index (χ0) is 15.4. The number of imide groups is 1. The zero-order valence-corrected chi connectivity index (χ0v) is 15.2. The van der Waals surface area contributed by atoms with Crippen LogP contribution in [0.5, 0.6) is 0 Å². The van der Waals surface area contributed by atoms with Gasteiger partial charge in [-0.05, 0) is 44.3 Å². The molecule has 2 saturated heterocycles. The Kier molecular flexibility index (Phi) is 3.68. The van der Waals surface area contributed by atoms with Crippen LogP contribution in [-0.4, -0.2) is 43.3 Å². The van der Waals surface area contributed by atoms with E-state index in [9.17, 15) is 18.0 Å². The van der Waals surface area contributed by atoms with Gasteiger partial charge in [-0.1, -0.05) is 0 Å². The summed E-state index contributed by atoms with van der Waals surface area (Å²) in [6.45, 7) is 0.114. The fourth-order valence-electron chi connectivity index (χ4n) is 2.44. The molecule has 1 atom stereocenters. The minimum Gasteiger partial charge on any atom is -0.322 e. The SMILES string of the molecule is O=C1NC(=O)C2(CCN(S(=O)(=O)c3cc(Br)sc3Br)C2)N1. The van der Waals surface area contributed by atoms with Gasteiger partial charge in [-0.2, -0.15) is 4.31 Å².